The number of hydrogen-bond acceptors (Lipinski definition) is 13. The van der Waals surface area contributed by atoms with Gasteiger partial charge in [0, 0.05) is 38.0 Å². The summed E-state index contributed by atoms with van der Waals surface area (Å²) in [6.45, 7) is 31.7. The first kappa shape index (κ1) is 60.2. The third-order valence-corrected chi connectivity index (χ3v) is 33.2. The van der Waals surface area contributed by atoms with E-state index in [1.54, 1.807) is 0 Å². The molecule has 0 aromatic heterocycles. The summed E-state index contributed by atoms with van der Waals surface area (Å²) in [6.07, 6.45) is -4.59. The Hall–Kier alpha value is -3.04. The summed E-state index contributed by atoms with van der Waals surface area (Å²) < 4.78 is 49.1. The second-order valence-electron chi connectivity index (χ2n) is 24.7. The van der Waals surface area contributed by atoms with Crippen LogP contribution in [0.25, 0.3) is 0 Å². The van der Waals surface area contributed by atoms with Gasteiger partial charge in [0.25, 0.3) is 0 Å². The lowest BCUT2D eigenvalue weighted by Gasteiger charge is -2.68. The van der Waals surface area contributed by atoms with Crippen LogP contribution in [-0.2, 0) is 56.2 Å². The van der Waals surface area contributed by atoms with Crippen LogP contribution in [-0.4, -0.2) is 114 Å². The molecule has 1 amide bonds. The molecule has 11 atom stereocenters. The van der Waals surface area contributed by atoms with Crippen LogP contribution in [0.3, 0.4) is 0 Å². The maximum absolute atomic E-state index is 17.1. The molecule has 0 spiro atoms. The van der Waals surface area contributed by atoms with Gasteiger partial charge in [-0.3, -0.25) is 19.2 Å². The number of amides is 1. The van der Waals surface area contributed by atoms with Gasteiger partial charge < -0.3 is 42.6 Å². The van der Waals surface area contributed by atoms with Crippen molar-refractivity contribution in [3.8, 4) is 0 Å². The number of rotatable bonds is 14. The summed E-state index contributed by atoms with van der Waals surface area (Å²) in [6, 6.07) is 12.8. The molecular weight excluding hydrogens is 991 g/mol. The van der Waals surface area contributed by atoms with Crippen LogP contribution in [0.15, 0.2) is 41.5 Å². The first-order chi connectivity index (χ1) is 34.6. The molecule has 2 N–H and O–H groups in total. The van der Waals surface area contributed by atoms with Gasteiger partial charge in [-0.2, -0.15) is 0 Å². The van der Waals surface area contributed by atoms with Crippen molar-refractivity contribution in [2.24, 2.45) is 16.7 Å². The topological polar surface area (TPSA) is 182 Å². The van der Waals surface area contributed by atoms with Crippen molar-refractivity contribution in [2.45, 2.75) is 257 Å². The summed E-state index contributed by atoms with van der Waals surface area (Å²) in [4.78, 5) is 75.3. The molecule has 3 aliphatic carbocycles. The number of hydrogen-bond donors (Lipinski definition) is 2. The third kappa shape index (κ3) is 10.9. The summed E-state index contributed by atoms with van der Waals surface area (Å²) in [5.41, 5.74) is -5.00. The Morgan fingerprint density at radius 3 is 1.91 bits per heavy atom. The van der Waals surface area contributed by atoms with E-state index < -0.39 is 113 Å². The number of carbonyl (C=O) groups is 5. The number of ether oxygens (including phenoxy) is 4. The van der Waals surface area contributed by atoms with E-state index in [-0.39, 0.29) is 49.0 Å². The minimum absolute atomic E-state index is 0.0133. The number of esters is 3. The monoisotopic (exact) mass is 1080 g/mol. The fourth-order valence-corrected chi connectivity index (χ4v) is 20.0. The predicted octanol–water partition coefficient (Wildman–Crippen LogP) is 11.0. The van der Waals surface area contributed by atoms with Crippen molar-refractivity contribution in [2.75, 3.05) is 6.61 Å². The van der Waals surface area contributed by atoms with E-state index in [0.29, 0.717) is 60.5 Å². The maximum Gasteiger partial charge on any atom is 0.337 e. The maximum atomic E-state index is 17.1. The molecule has 2 aliphatic heterocycles. The SMILES string of the molecule is CC[Si](CC)(CC)O[C@H]1C(=O)[C@@]2(C)[C@@H](O[Si](CC)(CC)CC)C[C@H]3OC[C@@]3(OC(C)=O)[C@@H]2[C@H]2OC(=O)CCCCCCC(=O)N[C@@H](c3ccccc3)[C@H](O[Si](C)(C)C(C)(C)C)C(=O)O[C@H]3C[C@]2(O)C(C)(C)C1=C3C. The number of Topliss-reactive ketones (excluding diaryl/α,β-unsaturated/α-hetero) is 1. The fraction of sp³-hybridized carbons (Fsp3) is 0.772. The highest BCUT2D eigenvalue weighted by molar-refractivity contribution is 6.74. The lowest BCUT2D eigenvalue weighted by molar-refractivity contribution is -0.346. The van der Waals surface area contributed by atoms with E-state index >= 15 is 9.59 Å². The molecular formula is C57H93NO13Si3. The van der Waals surface area contributed by atoms with Gasteiger partial charge in [-0.15, -0.1) is 0 Å². The van der Waals surface area contributed by atoms with Crippen molar-refractivity contribution in [1.82, 2.24) is 5.32 Å². The van der Waals surface area contributed by atoms with Gasteiger partial charge >= 0.3 is 17.9 Å². The number of nitrogens with one attached hydrogen (secondary N) is 1. The molecule has 2 saturated heterocycles. The Morgan fingerprint density at radius 1 is 0.811 bits per heavy atom. The van der Waals surface area contributed by atoms with E-state index in [9.17, 15) is 19.5 Å². The van der Waals surface area contributed by atoms with Crippen LogP contribution < -0.4 is 5.32 Å². The Labute approximate surface area is 446 Å². The average Bonchev–Trinajstić information content (AvgIpc) is 3.34. The third-order valence-electron chi connectivity index (χ3n) is 19.5. The zero-order valence-corrected chi connectivity index (χ0v) is 51.0. The molecule has 2 saturated carbocycles. The predicted molar refractivity (Wildman–Crippen MR) is 293 cm³/mol. The Bertz CT molecular complexity index is 2220. The number of fused-ring (bicyclic) bond motifs is 6. The molecule has 1 aromatic carbocycles. The normalized spacial score (nSPS) is 33.6. The minimum Gasteiger partial charge on any atom is -0.459 e. The number of benzene rings is 1. The molecule has 3 bridgehead atoms. The van der Waals surface area contributed by atoms with Crippen molar-refractivity contribution in [1.29, 1.82) is 0 Å². The van der Waals surface area contributed by atoms with Gasteiger partial charge in [0.1, 0.15) is 30.0 Å². The molecule has 4 fully saturated rings. The molecule has 14 nitrogen and oxygen atoms in total. The van der Waals surface area contributed by atoms with Gasteiger partial charge in [0.2, 0.25) is 5.91 Å². The smallest absolute Gasteiger partial charge is 0.337 e. The van der Waals surface area contributed by atoms with E-state index in [1.807, 2.05) is 71.1 Å². The summed E-state index contributed by atoms with van der Waals surface area (Å²) >= 11 is 0. The Morgan fingerprint density at radius 2 is 1.38 bits per heavy atom. The molecule has 17 heteroatoms. The molecule has 5 aliphatic rings. The highest BCUT2D eigenvalue weighted by atomic mass is 28.4. The first-order valence-corrected chi connectivity index (χ1v) is 36.1. The summed E-state index contributed by atoms with van der Waals surface area (Å²) in [7, 11) is -8.16. The minimum atomic E-state index is -2.83. The van der Waals surface area contributed by atoms with Crippen LogP contribution in [0.2, 0.25) is 54.4 Å². The zero-order chi connectivity index (χ0) is 55.0. The van der Waals surface area contributed by atoms with Crippen molar-refractivity contribution >= 4 is 54.6 Å². The summed E-state index contributed by atoms with van der Waals surface area (Å²) in [5, 5.41) is 17.4. The number of aliphatic hydroxyl groups is 1. The first-order valence-electron chi connectivity index (χ1n) is 28.1. The van der Waals surface area contributed by atoms with Crippen LogP contribution in [0.4, 0.5) is 0 Å². The van der Waals surface area contributed by atoms with E-state index in [2.05, 4.69) is 67.6 Å². The van der Waals surface area contributed by atoms with Crippen LogP contribution in [0, 0.1) is 16.7 Å². The van der Waals surface area contributed by atoms with Crippen molar-refractivity contribution in [3.05, 3.63) is 47.0 Å². The quantitative estimate of drug-likeness (QED) is 0.0778. The van der Waals surface area contributed by atoms with Gasteiger partial charge in [0.15, 0.2) is 42.4 Å². The zero-order valence-electron chi connectivity index (χ0n) is 48.0. The van der Waals surface area contributed by atoms with E-state index in [0.717, 1.165) is 18.1 Å². The number of carbonyl (C=O) groups excluding carboxylic acids is 5. The lowest BCUT2D eigenvalue weighted by Crippen LogP contribution is -2.82. The standard InChI is InChI=1S/C57H93NO13Si3/c1-17-73(18-2,19-3)69-41-34-42-56(36-65-42,68-38(8)59)49-51-57(64)35-40(37(7)45(54(57,12)13)47(50(62)55(41,49)14)71-74(20-4,21-5)22-6)66-52(63)48(70-72(15,16)53(9,10)11)46(39-30-26-25-27-31-39)58-43(60)32-28-23-24-29-33-44(61)67-51/h25-27,30-31,40-42,46-49,51,64H,17-24,28-29,32-36H2,1-16H3,(H,58,60)/t40-,41-,42+,46-,47+,48-,49+,51+,55-,56-,57+/m0/s1. The van der Waals surface area contributed by atoms with Crippen molar-refractivity contribution in [3.63, 3.8) is 0 Å². The molecule has 0 radical (unpaired) electrons. The second kappa shape index (κ2) is 22.7. The van der Waals surface area contributed by atoms with Crippen molar-refractivity contribution < 1.29 is 61.3 Å². The van der Waals surface area contributed by atoms with Gasteiger partial charge in [-0.1, -0.05) is 119 Å². The summed E-state index contributed by atoms with van der Waals surface area (Å²) in [5.74, 6) is -3.73. The highest BCUT2D eigenvalue weighted by Crippen LogP contribution is 2.65. The second-order valence-corrected chi connectivity index (χ2v) is 38.9. The lowest BCUT2D eigenvalue weighted by atomic mass is 9.44. The van der Waals surface area contributed by atoms with Crippen LogP contribution in [0.1, 0.15) is 160 Å². The molecule has 6 rings (SSSR count). The number of ketones is 1. The van der Waals surface area contributed by atoms with Gasteiger partial charge in [-0.05, 0) is 97.8 Å². The Balaban J connectivity index is 1.72. The van der Waals surface area contributed by atoms with Crippen LogP contribution >= 0.6 is 0 Å². The van der Waals surface area contributed by atoms with Gasteiger partial charge in [0.05, 0.1) is 30.1 Å². The fourth-order valence-electron chi connectivity index (χ4n) is 13.1. The van der Waals surface area contributed by atoms with E-state index in [4.69, 9.17) is 32.2 Å². The van der Waals surface area contributed by atoms with E-state index in [1.165, 1.54) is 6.92 Å². The molecule has 416 valence electrons. The average molecular weight is 1080 g/mol. The molecule has 2 heterocycles. The van der Waals surface area contributed by atoms with Gasteiger partial charge in [-0.25, -0.2) is 4.79 Å². The highest BCUT2D eigenvalue weighted by Gasteiger charge is 2.79. The largest absolute Gasteiger partial charge is 0.459 e. The molecule has 1 aromatic rings. The molecule has 74 heavy (non-hydrogen) atoms. The Kier molecular flexibility index (Phi) is 18.5. The molecule has 0 unspecified atom stereocenters. The van der Waals surface area contributed by atoms with Crippen LogP contribution in [0.5, 0.6) is 0 Å².